The highest BCUT2D eigenvalue weighted by atomic mass is 16.3. The van der Waals surface area contributed by atoms with Crippen molar-refractivity contribution >= 4 is 29.3 Å². The van der Waals surface area contributed by atoms with Gasteiger partial charge in [0.25, 0.3) is 0 Å². The Labute approximate surface area is 218 Å². The monoisotopic (exact) mass is 520 g/mol. The molecule has 0 saturated carbocycles. The predicted molar refractivity (Wildman–Crippen MR) is 134 cm³/mol. The molecule has 0 fully saturated rings. The Morgan fingerprint density at radius 2 is 1.82 bits per heavy atom. The van der Waals surface area contributed by atoms with Gasteiger partial charge in [-0.3, -0.25) is 24.1 Å². The number of amides is 4. The first-order valence-electron chi connectivity index (χ1n) is 12.0. The molecule has 198 valence electrons. The number of nitrogens with zero attached hydrogens (tertiary/aromatic N) is 4. The van der Waals surface area contributed by atoms with E-state index in [0.717, 1.165) is 11.1 Å². The highest BCUT2D eigenvalue weighted by Crippen LogP contribution is 2.32. The number of aliphatic hydroxyl groups excluding tert-OH is 1. The number of rotatable bonds is 10. The molecule has 1 aliphatic heterocycles. The van der Waals surface area contributed by atoms with Crippen LogP contribution >= 0.6 is 0 Å². The SMILES string of the molecule is C[C@H](O)[C@H](NC(=O)Cc1ccccc1)C(=O)NCC(=O)N1c2ccccc2C[C@H]1C(=O)NCc1nn[nH]n1. The van der Waals surface area contributed by atoms with Crippen LogP contribution in [0.4, 0.5) is 5.69 Å². The van der Waals surface area contributed by atoms with Crippen molar-refractivity contribution in [3.05, 3.63) is 71.5 Å². The van der Waals surface area contributed by atoms with Gasteiger partial charge in [0.2, 0.25) is 23.6 Å². The van der Waals surface area contributed by atoms with E-state index < -0.39 is 48.4 Å². The lowest BCUT2D eigenvalue weighted by Gasteiger charge is -2.26. The molecule has 4 amide bonds. The Morgan fingerprint density at radius 1 is 1.08 bits per heavy atom. The second-order valence-corrected chi connectivity index (χ2v) is 8.82. The van der Waals surface area contributed by atoms with Crippen LogP contribution in [0.15, 0.2) is 54.6 Å². The summed E-state index contributed by atoms with van der Waals surface area (Å²) in [4.78, 5) is 52.8. The second kappa shape index (κ2) is 12.1. The summed E-state index contributed by atoms with van der Waals surface area (Å²) in [6.45, 7) is 0.953. The van der Waals surface area contributed by atoms with Crippen LogP contribution in [0.2, 0.25) is 0 Å². The summed E-state index contributed by atoms with van der Waals surface area (Å²) in [7, 11) is 0. The van der Waals surface area contributed by atoms with Gasteiger partial charge in [-0.1, -0.05) is 53.7 Å². The summed E-state index contributed by atoms with van der Waals surface area (Å²) in [5, 5.41) is 31.2. The molecule has 2 heterocycles. The van der Waals surface area contributed by atoms with Gasteiger partial charge in [0.15, 0.2) is 5.82 Å². The minimum absolute atomic E-state index is 0.0275. The second-order valence-electron chi connectivity index (χ2n) is 8.82. The van der Waals surface area contributed by atoms with Crippen LogP contribution in [-0.4, -0.2) is 74.1 Å². The van der Waals surface area contributed by atoms with Crippen molar-refractivity contribution in [2.45, 2.75) is 44.5 Å². The third kappa shape index (κ3) is 6.37. The Kier molecular flexibility index (Phi) is 8.38. The zero-order valence-corrected chi connectivity index (χ0v) is 20.6. The first-order chi connectivity index (χ1) is 18.3. The number of hydrogen-bond donors (Lipinski definition) is 5. The van der Waals surface area contributed by atoms with E-state index in [2.05, 4.69) is 36.6 Å². The van der Waals surface area contributed by atoms with E-state index in [9.17, 15) is 24.3 Å². The van der Waals surface area contributed by atoms with Crippen LogP contribution in [0.25, 0.3) is 0 Å². The molecule has 4 rings (SSSR count). The number of anilines is 1. The van der Waals surface area contributed by atoms with E-state index in [4.69, 9.17) is 0 Å². The van der Waals surface area contributed by atoms with Crippen molar-refractivity contribution in [2.24, 2.45) is 0 Å². The third-order valence-electron chi connectivity index (χ3n) is 6.06. The van der Waals surface area contributed by atoms with Crippen LogP contribution < -0.4 is 20.9 Å². The summed E-state index contributed by atoms with van der Waals surface area (Å²) in [6.07, 6.45) is -0.887. The average Bonchev–Trinajstić information content (AvgIpc) is 3.57. The highest BCUT2D eigenvalue weighted by Gasteiger charge is 2.38. The number of aliphatic hydroxyl groups is 1. The summed E-state index contributed by atoms with van der Waals surface area (Å²) in [6, 6.07) is 14.0. The molecule has 0 bridgehead atoms. The molecule has 0 spiro atoms. The topological polar surface area (TPSA) is 182 Å². The number of hydrogen-bond acceptors (Lipinski definition) is 8. The molecule has 0 unspecified atom stereocenters. The average molecular weight is 521 g/mol. The molecule has 0 radical (unpaired) electrons. The van der Waals surface area contributed by atoms with Gasteiger partial charge < -0.3 is 21.1 Å². The number of nitrogens with one attached hydrogen (secondary N) is 4. The lowest BCUT2D eigenvalue weighted by atomic mass is 10.1. The van der Waals surface area contributed by atoms with Gasteiger partial charge >= 0.3 is 0 Å². The first kappa shape index (κ1) is 26.4. The molecule has 5 N–H and O–H groups in total. The van der Waals surface area contributed by atoms with Gasteiger partial charge in [0.05, 0.1) is 25.6 Å². The van der Waals surface area contributed by atoms with Crippen LogP contribution in [-0.2, 0) is 38.6 Å². The van der Waals surface area contributed by atoms with Crippen molar-refractivity contribution in [1.82, 2.24) is 36.6 Å². The highest BCUT2D eigenvalue weighted by molar-refractivity contribution is 6.05. The lowest BCUT2D eigenvalue weighted by molar-refractivity contribution is -0.132. The Hall–Kier alpha value is -4.65. The summed E-state index contributed by atoms with van der Waals surface area (Å²) in [5.41, 5.74) is 2.12. The van der Waals surface area contributed by atoms with Gasteiger partial charge in [-0.2, -0.15) is 5.21 Å². The number of carbonyl (C=O) groups excluding carboxylic acids is 4. The Balaban J connectivity index is 1.39. The molecule has 0 saturated heterocycles. The quantitative estimate of drug-likeness (QED) is 0.225. The van der Waals surface area contributed by atoms with Crippen LogP contribution in [0.3, 0.4) is 0 Å². The summed E-state index contributed by atoms with van der Waals surface area (Å²) in [5.74, 6) is -1.82. The molecule has 2 aromatic carbocycles. The number of H-pyrrole nitrogens is 1. The number of tetrazole rings is 1. The summed E-state index contributed by atoms with van der Waals surface area (Å²) < 4.78 is 0. The molecule has 0 aliphatic carbocycles. The largest absolute Gasteiger partial charge is 0.391 e. The zero-order chi connectivity index (χ0) is 27.1. The van der Waals surface area contributed by atoms with Crippen LogP contribution in [0.1, 0.15) is 23.9 Å². The van der Waals surface area contributed by atoms with E-state index in [0.29, 0.717) is 12.1 Å². The van der Waals surface area contributed by atoms with Gasteiger partial charge in [-0.25, -0.2) is 0 Å². The maximum absolute atomic E-state index is 13.3. The van der Waals surface area contributed by atoms with Crippen molar-refractivity contribution in [3.63, 3.8) is 0 Å². The molecule has 3 atom stereocenters. The number of benzene rings is 2. The minimum Gasteiger partial charge on any atom is -0.391 e. The molecule has 38 heavy (non-hydrogen) atoms. The van der Waals surface area contributed by atoms with Crippen molar-refractivity contribution in [1.29, 1.82) is 0 Å². The van der Waals surface area contributed by atoms with E-state index in [1.165, 1.54) is 11.8 Å². The van der Waals surface area contributed by atoms with E-state index in [-0.39, 0.29) is 18.8 Å². The van der Waals surface area contributed by atoms with E-state index in [1.807, 2.05) is 18.2 Å². The molecule has 13 heteroatoms. The predicted octanol–water partition coefficient (Wildman–Crippen LogP) is -1.00. The van der Waals surface area contributed by atoms with Crippen LogP contribution in [0.5, 0.6) is 0 Å². The fourth-order valence-corrected chi connectivity index (χ4v) is 4.21. The number of carbonyl (C=O) groups is 4. The fourth-order valence-electron chi connectivity index (χ4n) is 4.21. The standard InChI is InChI=1S/C25H28N8O5/c1-15(34)23(28-21(35)11-16-7-3-2-4-8-16)25(38)27-14-22(36)33-18-10-6-5-9-17(18)12-19(33)24(37)26-13-20-29-31-32-30-20/h2-10,15,19,23,34H,11-14H2,1H3,(H,26,37)(H,27,38)(H,28,35)(H,29,30,31,32)/t15-,19-,23-/m0/s1. The maximum Gasteiger partial charge on any atom is 0.247 e. The van der Waals surface area contributed by atoms with Gasteiger partial charge in [0, 0.05) is 12.1 Å². The van der Waals surface area contributed by atoms with Crippen molar-refractivity contribution in [2.75, 3.05) is 11.4 Å². The van der Waals surface area contributed by atoms with Gasteiger partial charge in [-0.05, 0) is 24.1 Å². The Bertz CT molecular complexity index is 1280. The number of aromatic nitrogens is 4. The molecule has 3 aromatic rings. The minimum atomic E-state index is -1.26. The van der Waals surface area contributed by atoms with Crippen molar-refractivity contribution in [3.8, 4) is 0 Å². The van der Waals surface area contributed by atoms with Gasteiger partial charge in [-0.15, -0.1) is 10.2 Å². The van der Waals surface area contributed by atoms with E-state index in [1.54, 1.807) is 36.4 Å². The number of para-hydroxylation sites is 1. The summed E-state index contributed by atoms with van der Waals surface area (Å²) >= 11 is 0. The third-order valence-corrected chi connectivity index (χ3v) is 6.06. The molecule has 1 aromatic heterocycles. The Morgan fingerprint density at radius 3 is 2.53 bits per heavy atom. The molecule has 1 aliphatic rings. The number of fused-ring (bicyclic) bond motifs is 1. The fraction of sp³-hybridized carbons (Fsp3) is 0.320. The van der Waals surface area contributed by atoms with Crippen molar-refractivity contribution < 1.29 is 24.3 Å². The van der Waals surface area contributed by atoms with E-state index >= 15 is 0 Å². The smallest absolute Gasteiger partial charge is 0.247 e. The first-order valence-corrected chi connectivity index (χ1v) is 12.0. The molecule has 13 nitrogen and oxygen atoms in total. The lowest BCUT2D eigenvalue weighted by Crippen LogP contribution is -2.55. The molecular weight excluding hydrogens is 492 g/mol. The maximum atomic E-state index is 13.3. The number of aromatic amines is 1. The van der Waals surface area contributed by atoms with Crippen LogP contribution in [0, 0.1) is 0 Å². The zero-order valence-electron chi connectivity index (χ0n) is 20.6. The normalized spacial score (nSPS) is 15.7. The van der Waals surface area contributed by atoms with Gasteiger partial charge in [0.1, 0.15) is 12.1 Å². The molecular formula is C25H28N8O5.